The first-order chi connectivity index (χ1) is 8.33. The second-order valence-corrected chi connectivity index (χ2v) is 5.24. The van der Waals surface area contributed by atoms with Crippen LogP contribution in [0.2, 0.25) is 0 Å². The van der Waals surface area contributed by atoms with Crippen molar-refractivity contribution in [2.75, 3.05) is 7.11 Å². The molecule has 2 atom stereocenters. The molecular formula is C15H18O2. The number of carbonyl (C=O) groups excluding carboxylic acids is 1. The topological polar surface area (TPSA) is 26.3 Å². The quantitative estimate of drug-likeness (QED) is 0.730. The average Bonchev–Trinajstić information content (AvgIpc) is 2.40. The van der Waals surface area contributed by atoms with Gasteiger partial charge in [-0.05, 0) is 36.2 Å². The van der Waals surface area contributed by atoms with E-state index in [2.05, 4.69) is 30.3 Å². The monoisotopic (exact) mass is 230 g/mol. The van der Waals surface area contributed by atoms with Crippen LogP contribution in [0.5, 0.6) is 0 Å². The third-order valence-electron chi connectivity index (χ3n) is 4.58. The molecule has 2 unspecified atom stereocenters. The molecule has 17 heavy (non-hydrogen) atoms. The molecule has 0 amide bonds. The summed E-state index contributed by atoms with van der Waals surface area (Å²) in [6.07, 6.45) is 3.62. The van der Waals surface area contributed by atoms with E-state index in [4.69, 9.17) is 4.74 Å². The molecular weight excluding hydrogens is 212 g/mol. The average molecular weight is 230 g/mol. The van der Waals surface area contributed by atoms with E-state index in [0.717, 1.165) is 0 Å². The maximum Gasteiger partial charge on any atom is 0.309 e. The second-order valence-electron chi connectivity index (χ2n) is 5.24. The van der Waals surface area contributed by atoms with E-state index < -0.39 is 0 Å². The molecule has 2 nitrogen and oxygen atoms in total. The van der Waals surface area contributed by atoms with Gasteiger partial charge in [0.2, 0.25) is 0 Å². The zero-order valence-corrected chi connectivity index (χ0v) is 10.1. The highest BCUT2D eigenvalue weighted by Crippen LogP contribution is 2.60. The van der Waals surface area contributed by atoms with E-state index in [-0.39, 0.29) is 11.9 Å². The van der Waals surface area contributed by atoms with Gasteiger partial charge in [-0.25, -0.2) is 0 Å². The zero-order valence-electron chi connectivity index (χ0n) is 10.1. The number of esters is 1. The third kappa shape index (κ3) is 1.58. The highest BCUT2D eigenvalue weighted by molar-refractivity contribution is 5.75. The van der Waals surface area contributed by atoms with Gasteiger partial charge in [-0.1, -0.05) is 36.8 Å². The van der Waals surface area contributed by atoms with Gasteiger partial charge in [0.05, 0.1) is 13.0 Å². The summed E-state index contributed by atoms with van der Waals surface area (Å²) in [6.45, 7) is 0. The molecule has 0 heterocycles. The van der Waals surface area contributed by atoms with E-state index in [0.29, 0.717) is 17.8 Å². The number of rotatable bonds is 2. The summed E-state index contributed by atoms with van der Waals surface area (Å²) in [5, 5.41) is 0. The molecule has 0 aliphatic heterocycles. The Balaban J connectivity index is 1.84. The van der Waals surface area contributed by atoms with Gasteiger partial charge in [0.15, 0.2) is 0 Å². The summed E-state index contributed by atoms with van der Waals surface area (Å²) in [4.78, 5) is 11.8. The first-order valence-corrected chi connectivity index (χ1v) is 6.45. The fraction of sp³-hybridized carbons (Fsp3) is 0.533. The van der Waals surface area contributed by atoms with Crippen molar-refractivity contribution in [1.29, 1.82) is 0 Å². The molecule has 0 spiro atoms. The molecule has 90 valence electrons. The molecule has 2 bridgehead atoms. The normalized spacial score (nSPS) is 34.9. The number of hydrogen-bond acceptors (Lipinski definition) is 2. The Hall–Kier alpha value is -1.31. The lowest BCUT2D eigenvalue weighted by molar-refractivity contribution is -0.162. The Labute approximate surface area is 102 Å². The fourth-order valence-electron chi connectivity index (χ4n) is 3.90. The van der Waals surface area contributed by atoms with Crippen LogP contribution in [-0.2, 0) is 9.53 Å². The second kappa shape index (κ2) is 4.17. The van der Waals surface area contributed by atoms with Crippen molar-refractivity contribution in [2.45, 2.75) is 25.2 Å². The first kappa shape index (κ1) is 10.8. The minimum atomic E-state index is 0.00637. The fourth-order valence-corrected chi connectivity index (χ4v) is 3.90. The van der Waals surface area contributed by atoms with Gasteiger partial charge in [0, 0.05) is 0 Å². The smallest absolute Gasteiger partial charge is 0.309 e. The molecule has 3 rings (SSSR count). The van der Waals surface area contributed by atoms with Crippen LogP contribution in [0.4, 0.5) is 0 Å². The molecule has 0 N–H and O–H groups in total. The maximum atomic E-state index is 11.8. The van der Waals surface area contributed by atoms with Gasteiger partial charge in [0.25, 0.3) is 0 Å². The van der Waals surface area contributed by atoms with Gasteiger partial charge in [0.1, 0.15) is 0 Å². The summed E-state index contributed by atoms with van der Waals surface area (Å²) in [7, 11) is 1.51. The van der Waals surface area contributed by atoms with Crippen molar-refractivity contribution in [3.8, 4) is 0 Å². The van der Waals surface area contributed by atoms with E-state index in [1.165, 1.54) is 31.9 Å². The molecule has 0 radical (unpaired) electrons. The van der Waals surface area contributed by atoms with Crippen molar-refractivity contribution < 1.29 is 9.53 Å². The van der Waals surface area contributed by atoms with Crippen molar-refractivity contribution in [1.82, 2.24) is 0 Å². The van der Waals surface area contributed by atoms with Gasteiger partial charge >= 0.3 is 5.97 Å². The minimum absolute atomic E-state index is 0.00637. The summed E-state index contributed by atoms with van der Waals surface area (Å²) in [5.41, 5.74) is 1.40. The number of methoxy groups -OCH3 is 1. The molecule has 0 aromatic heterocycles. The van der Waals surface area contributed by atoms with Gasteiger partial charge in [-0.3, -0.25) is 4.79 Å². The minimum Gasteiger partial charge on any atom is -0.469 e. The molecule has 0 saturated heterocycles. The first-order valence-electron chi connectivity index (χ1n) is 6.45. The summed E-state index contributed by atoms with van der Waals surface area (Å²) < 4.78 is 4.94. The number of fused-ring (bicyclic) bond motifs is 2. The van der Waals surface area contributed by atoms with Crippen LogP contribution >= 0.6 is 0 Å². The lowest BCUT2D eigenvalue weighted by Crippen LogP contribution is -2.52. The summed E-state index contributed by atoms with van der Waals surface area (Å²) in [5.74, 6) is 1.80. The molecule has 2 aliphatic rings. The van der Waals surface area contributed by atoms with Crippen LogP contribution in [0.1, 0.15) is 30.7 Å². The Morgan fingerprint density at radius 1 is 1.18 bits per heavy atom. The molecule has 2 saturated carbocycles. The molecule has 2 aliphatic carbocycles. The largest absolute Gasteiger partial charge is 0.469 e. The van der Waals surface area contributed by atoms with Crippen LogP contribution in [0.3, 0.4) is 0 Å². The van der Waals surface area contributed by atoms with E-state index in [9.17, 15) is 4.79 Å². The molecule has 2 fully saturated rings. The lowest BCUT2D eigenvalue weighted by atomic mass is 9.48. The molecule has 1 aromatic carbocycles. The Morgan fingerprint density at radius 3 is 2.41 bits per heavy atom. The Morgan fingerprint density at radius 2 is 1.82 bits per heavy atom. The standard InChI is InChI=1S/C15H18O2/c1-17-15(16)14-11-8-5-9-12(14)13(11)10-6-3-2-4-7-10/h2-4,6-7,11-14H,5,8-9H2,1H3. The third-order valence-corrected chi connectivity index (χ3v) is 4.58. The van der Waals surface area contributed by atoms with Crippen molar-refractivity contribution in [3.63, 3.8) is 0 Å². The highest BCUT2D eigenvalue weighted by atomic mass is 16.5. The van der Waals surface area contributed by atoms with Gasteiger partial charge in [-0.15, -0.1) is 0 Å². The van der Waals surface area contributed by atoms with Gasteiger partial charge < -0.3 is 4.74 Å². The number of benzene rings is 1. The Bertz CT molecular complexity index is 400. The summed E-state index contributed by atoms with van der Waals surface area (Å²) >= 11 is 0. The van der Waals surface area contributed by atoms with E-state index >= 15 is 0 Å². The van der Waals surface area contributed by atoms with Crippen molar-refractivity contribution in [3.05, 3.63) is 35.9 Å². The van der Waals surface area contributed by atoms with Crippen molar-refractivity contribution in [2.24, 2.45) is 17.8 Å². The van der Waals surface area contributed by atoms with Crippen LogP contribution in [0.15, 0.2) is 30.3 Å². The number of hydrogen-bond donors (Lipinski definition) is 0. The molecule has 2 heteroatoms. The molecule has 1 aromatic rings. The van der Waals surface area contributed by atoms with Gasteiger partial charge in [-0.2, -0.15) is 0 Å². The number of carbonyl (C=O) groups is 1. The highest BCUT2D eigenvalue weighted by Gasteiger charge is 2.56. The van der Waals surface area contributed by atoms with Crippen LogP contribution in [0, 0.1) is 17.8 Å². The Kier molecular flexibility index (Phi) is 2.65. The predicted molar refractivity (Wildman–Crippen MR) is 65.5 cm³/mol. The predicted octanol–water partition coefficient (Wildman–Crippen LogP) is 2.99. The van der Waals surface area contributed by atoms with Crippen molar-refractivity contribution >= 4 is 5.97 Å². The SMILES string of the molecule is COC(=O)C1C2CCCC1C2c1ccccc1. The van der Waals surface area contributed by atoms with Crippen LogP contribution in [-0.4, -0.2) is 13.1 Å². The maximum absolute atomic E-state index is 11.8. The summed E-state index contributed by atoms with van der Waals surface area (Å²) in [6, 6.07) is 10.6. The van der Waals surface area contributed by atoms with E-state index in [1.54, 1.807) is 0 Å². The lowest BCUT2D eigenvalue weighted by Gasteiger charge is -2.55. The van der Waals surface area contributed by atoms with Crippen LogP contribution in [0.25, 0.3) is 0 Å². The van der Waals surface area contributed by atoms with Crippen LogP contribution < -0.4 is 0 Å². The number of ether oxygens (including phenoxy) is 1. The zero-order chi connectivity index (χ0) is 11.8. The van der Waals surface area contributed by atoms with E-state index in [1.807, 2.05) is 0 Å².